The first-order chi connectivity index (χ1) is 10.6. The van der Waals surface area contributed by atoms with Gasteiger partial charge in [-0.25, -0.2) is 0 Å². The molecule has 0 radical (unpaired) electrons. The lowest BCUT2D eigenvalue weighted by Crippen LogP contribution is -2.32. The molecule has 2 rings (SSSR count). The smallest absolute Gasteiger partial charge is 0.227 e. The number of methoxy groups -OCH3 is 1. The van der Waals surface area contributed by atoms with Crippen molar-refractivity contribution in [3.63, 3.8) is 0 Å². The number of aromatic nitrogens is 2. The molecular formula is C16H21N3O3. The third kappa shape index (κ3) is 4.31. The molecule has 22 heavy (non-hydrogen) atoms. The van der Waals surface area contributed by atoms with Crippen LogP contribution in [-0.4, -0.2) is 29.2 Å². The number of benzene rings is 1. The van der Waals surface area contributed by atoms with Crippen molar-refractivity contribution in [1.29, 1.82) is 0 Å². The van der Waals surface area contributed by atoms with Gasteiger partial charge < -0.3 is 14.6 Å². The lowest BCUT2D eigenvalue weighted by atomic mass is 10.2. The highest BCUT2D eigenvalue weighted by atomic mass is 16.5. The highest BCUT2D eigenvalue weighted by Gasteiger charge is 2.11. The summed E-state index contributed by atoms with van der Waals surface area (Å²) in [5, 5.41) is 6.85. The fraction of sp³-hybridized carbons (Fsp3) is 0.438. The number of carbonyl (C=O) groups excluding carboxylic acids is 1. The van der Waals surface area contributed by atoms with Crippen LogP contribution in [0.5, 0.6) is 5.75 Å². The molecule has 0 saturated heterocycles. The zero-order chi connectivity index (χ0) is 15.9. The van der Waals surface area contributed by atoms with Crippen molar-refractivity contribution in [1.82, 2.24) is 15.5 Å². The van der Waals surface area contributed by atoms with Gasteiger partial charge in [0.1, 0.15) is 5.75 Å². The number of nitrogens with one attached hydrogen (secondary N) is 1. The van der Waals surface area contributed by atoms with Crippen molar-refractivity contribution >= 4 is 5.91 Å². The molecule has 1 aromatic heterocycles. The summed E-state index contributed by atoms with van der Waals surface area (Å²) in [6.45, 7) is 4.01. The van der Waals surface area contributed by atoms with Crippen LogP contribution >= 0.6 is 0 Å². The van der Waals surface area contributed by atoms with Gasteiger partial charge in [-0.2, -0.15) is 4.98 Å². The molecular weight excluding hydrogens is 282 g/mol. The minimum atomic E-state index is -0.00134. The molecule has 2 aromatic rings. The van der Waals surface area contributed by atoms with E-state index < -0.39 is 0 Å². The quantitative estimate of drug-likeness (QED) is 0.850. The van der Waals surface area contributed by atoms with Crippen LogP contribution < -0.4 is 10.1 Å². The molecule has 0 aliphatic carbocycles. The van der Waals surface area contributed by atoms with Crippen molar-refractivity contribution < 1.29 is 14.1 Å². The Bertz CT molecular complexity index is 607. The number of amides is 1. The van der Waals surface area contributed by atoms with E-state index in [4.69, 9.17) is 9.26 Å². The van der Waals surface area contributed by atoms with E-state index in [0.717, 1.165) is 17.7 Å². The van der Waals surface area contributed by atoms with Gasteiger partial charge in [0.2, 0.25) is 17.6 Å². The maximum absolute atomic E-state index is 11.7. The van der Waals surface area contributed by atoms with Gasteiger partial charge in [-0.05, 0) is 37.6 Å². The Kier molecular flexibility index (Phi) is 5.52. The first-order valence-electron chi connectivity index (χ1n) is 7.38. The van der Waals surface area contributed by atoms with Crippen molar-refractivity contribution in [2.24, 2.45) is 0 Å². The topological polar surface area (TPSA) is 77.2 Å². The Hall–Kier alpha value is -2.37. The van der Waals surface area contributed by atoms with Gasteiger partial charge in [-0.3, -0.25) is 4.79 Å². The van der Waals surface area contributed by atoms with E-state index in [-0.39, 0.29) is 11.9 Å². The van der Waals surface area contributed by atoms with Crippen LogP contribution in [0.4, 0.5) is 0 Å². The van der Waals surface area contributed by atoms with E-state index in [2.05, 4.69) is 15.5 Å². The van der Waals surface area contributed by atoms with Crippen molar-refractivity contribution in [3.8, 4) is 17.1 Å². The molecule has 0 bridgehead atoms. The van der Waals surface area contributed by atoms with Crippen LogP contribution in [0.25, 0.3) is 11.4 Å². The number of ether oxygens (including phenoxy) is 1. The third-order valence-electron chi connectivity index (χ3n) is 3.40. The number of aryl methyl sites for hydroxylation is 1. The minimum Gasteiger partial charge on any atom is -0.497 e. The molecule has 6 nitrogen and oxygen atoms in total. The lowest BCUT2D eigenvalue weighted by molar-refractivity contribution is -0.121. The number of nitrogens with zero attached hydrogens (tertiary/aromatic N) is 2. The van der Waals surface area contributed by atoms with E-state index in [9.17, 15) is 4.79 Å². The van der Waals surface area contributed by atoms with E-state index in [1.165, 1.54) is 0 Å². The van der Waals surface area contributed by atoms with E-state index in [1.807, 2.05) is 38.1 Å². The monoisotopic (exact) mass is 303 g/mol. The zero-order valence-electron chi connectivity index (χ0n) is 13.1. The number of rotatable bonds is 7. The highest BCUT2D eigenvalue weighted by molar-refractivity contribution is 5.76. The van der Waals surface area contributed by atoms with Crippen molar-refractivity contribution in [2.75, 3.05) is 7.11 Å². The van der Waals surface area contributed by atoms with E-state index in [0.29, 0.717) is 24.6 Å². The predicted molar refractivity (Wildman–Crippen MR) is 82.5 cm³/mol. The highest BCUT2D eigenvalue weighted by Crippen LogP contribution is 2.19. The normalized spacial score (nSPS) is 12.0. The molecule has 1 aromatic carbocycles. The summed E-state index contributed by atoms with van der Waals surface area (Å²) in [5.41, 5.74) is 0.847. The van der Waals surface area contributed by atoms with Crippen LogP contribution in [0.3, 0.4) is 0 Å². The van der Waals surface area contributed by atoms with E-state index in [1.54, 1.807) is 7.11 Å². The van der Waals surface area contributed by atoms with Crippen LogP contribution in [0.15, 0.2) is 28.8 Å². The second kappa shape index (κ2) is 7.59. The van der Waals surface area contributed by atoms with Crippen molar-refractivity contribution in [3.05, 3.63) is 30.2 Å². The lowest BCUT2D eigenvalue weighted by Gasteiger charge is -2.10. The third-order valence-corrected chi connectivity index (χ3v) is 3.40. The summed E-state index contributed by atoms with van der Waals surface area (Å²) in [5.74, 6) is 1.75. The van der Waals surface area contributed by atoms with Crippen LogP contribution in [0, 0.1) is 0 Å². The average Bonchev–Trinajstić information content (AvgIpc) is 3.02. The standard InChI is InChI=1S/C16H21N3O3/c1-4-11(2)17-14(20)9-10-15-18-16(19-22-15)12-5-7-13(21-3)8-6-12/h5-8,11H,4,9-10H2,1-3H3,(H,17,20)/t11-/m0/s1. The molecule has 1 heterocycles. The molecule has 118 valence electrons. The summed E-state index contributed by atoms with van der Waals surface area (Å²) < 4.78 is 10.3. The molecule has 6 heteroatoms. The van der Waals surface area contributed by atoms with Gasteiger partial charge in [0, 0.05) is 24.4 Å². The second-order valence-electron chi connectivity index (χ2n) is 5.12. The Labute approximate surface area is 129 Å². The van der Waals surface area contributed by atoms with Gasteiger partial charge in [0.25, 0.3) is 0 Å². The molecule has 0 saturated carbocycles. The molecule has 0 fully saturated rings. The van der Waals surface area contributed by atoms with Crippen LogP contribution in [0.1, 0.15) is 32.6 Å². The summed E-state index contributed by atoms with van der Waals surface area (Å²) in [4.78, 5) is 16.0. The Balaban J connectivity index is 1.92. The van der Waals surface area contributed by atoms with Gasteiger partial charge in [0.15, 0.2) is 0 Å². The number of hydrogen-bond donors (Lipinski definition) is 1. The Morgan fingerprint density at radius 1 is 1.36 bits per heavy atom. The van der Waals surface area contributed by atoms with Crippen LogP contribution in [0.2, 0.25) is 0 Å². The average molecular weight is 303 g/mol. The van der Waals surface area contributed by atoms with Crippen molar-refractivity contribution in [2.45, 2.75) is 39.2 Å². The van der Waals surface area contributed by atoms with Gasteiger partial charge in [-0.1, -0.05) is 12.1 Å². The SMILES string of the molecule is CC[C@H](C)NC(=O)CCc1nc(-c2ccc(OC)cc2)no1. The number of carbonyl (C=O) groups is 1. The molecule has 1 amide bonds. The van der Waals surface area contributed by atoms with Gasteiger partial charge in [-0.15, -0.1) is 0 Å². The summed E-state index contributed by atoms with van der Waals surface area (Å²) >= 11 is 0. The van der Waals surface area contributed by atoms with Gasteiger partial charge >= 0.3 is 0 Å². The minimum absolute atomic E-state index is 0.00134. The van der Waals surface area contributed by atoms with Gasteiger partial charge in [0.05, 0.1) is 7.11 Å². The largest absolute Gasteiger partial charge is 0.497 e. The zero-order valence-corrected chi connectivity index (χ0v) is 13.1. The second-order valence-corrected chi connectivity index (χ2v) is 5.12. The molecule has 0 unspecified atom stereocenters. The Morgan fingerprint density at radius 3 is 2.73 bits per heavy atom. The molecule has 0 spiro atoms. The summed E-state index contributed by atoms with van der Waals surface area (Å²) in [7, 11) is 1.62. The molecule has 1 N–H and O–H groups in total. The van der Waals surface area contributed by atoms with Crippen LogP contribution in [-0.2, 0) is 11.2 Å². The summed E-state index contributed by atoms with van der Waals surface area (Å²) in [6, 6.07) is 7.59. The molecule has 1 atom stereocenters. The Morgan fingerprint density at radius 2 is 2.09 bits per heavy atom. The maximum atomic E-state index is 11.7. The molecule has 0 aliphatic rings. The summed E-state index contributed by atoms with van der Waals surface area (Å²) in [6.07, 6.45) is 1.69. The fourth-order valence-electron chi connectivity index (χ4n) is 1.88. The maximum Gasteiger partial charge on any atom is 0.227 e. The first-order valence-corrected chi connectivity index (χ1v) is 7.38. The molecule has 0 aliphatic heterocycles. The number of hydrogen-bond acceptors (Lipinski definition) is 5. The fourth-order valence-corrected chi connectivity index (χ4v) is 1.88. The predicted octanol–water partition coefficient (Wildman–Crippen LogP) is 2.59. The van der Waals surface area contributed by atoms with E-state index >= 15 is 0 Å². The first kappa shape index (κ1) is 16.0.